The standard InChI is InChI=1S/C14H21N3O3/c1-3-10-9-12(16(2)15-10)13(18)17-8-6-4-5-7-11(17)14(19)20/h9,11H,3-8H2,1-2H3,(H,19,20). The maximum Gasteiger partial charge on any atom is 0.326 e. The molecule has 20 heavy (non-hydrogen) atoms. The lowest BCUT2D eigenvalue weighted by Crippen LogP contribution is -2.45. The highest BCUT2D eigenvalue weighted by atomic mass is 16.4. The first-order valence-electron chi connectivity index (χ1n) is 7.11. The van der Waals surface area contributed by atoms with Gasteiger partial charge in [0.2, 0.25) is 0 Å². The van der Waals surface area contributed by atoms with Crippen LogP contribution in [0.2, 0.25) is 0 Å². The largest absolute Gasteiger partial charge is 0.480 e. The molecule has 2 rings (SSSR count). The molecule has 1 fully saturated rings. The molecular formula is C14H21N3O3. The number of aliphatic carboxylic acids is 1. The van der Waals surface area contributed by atoms with E-state index in [2.05, 4.69) is 5.10 Å². The lowest BCUT2D eigenvalue weighted by molar-refractivity contribution is -0.142. The molecule has 1 aromatic heterocycles. The molecule has 1 atom stereocenters. The predicted octanol–water partition coefficient (Wildman–Crippen LogP) is 1.45. The van der Waals surface area contributed by atoms with Crippen molar-refractivity contribution in [2.45, 2.75) is 45.1 Å². The highest BCUT2D eigenvalue weighted by Gasteiger charge is 2.32. The average Bonchev–Trinajstić information content (AvgIpc) is 2.64. The normalized spacial score (nSPS) is 19.7. The van der Waals surface area contributed by atoms with Crippen molar-refractivity contribution >= 4 is 11.9 Å². The van der Waals surface area contributed by atoms with Gasteiger partial charge in [-0.05, 0) is 25.3 Å². The van der Waals surface area contributed by atoms with Crippen LogP contribution in [0.25, 0.3) is 0 Å². The number of aryl methyl sites for hydroxylation is 2. The van der Waals surface area contributed by atoms with Crippen molar-refractivity contribution in [1.29, 1.82) is 0 Å². The molecular weight excluding hydrogens is 258 g/mol. The van der Waals surface area contributed by atoms with Gasteiger partial charge in [-0.3, -0.25) is 9.48 Å². The van der Waals surface area contributed by atoms with E-state index in [9.17, 15) is 14.7 Å². The van der Waals surface area contributed by atoms with Crippen molar-refractivity contribution in [1.82, 2.24) is 14.7 Å². The SMILES string of the molecule is CCc1cc(C(=O)N2CCCCCC2C(=O)O)n(C)n1. The predicted molar refractivity (Wildman–Crippen MR) is 73.5 cm³/mol. The molecule has 1 N–H and O–H groups in total. The van der Waals surface area contributed by atoms with Crippen molar-refractivity contribution in [3.63, 3.8) is 0 Å². The van der Waals surface area contributed by atoms with E-state index in [0.717, 1.165) is 31.4 Å². The summed E-state index contributed by atoms with van der Waals surface area (Å²) in [6.45, 7) is 2.48. The van der Waals surface area contributed by atoms with Gasteiger partial charge in [0.1, 0.15) is 11.7 Å². The number of nitrogens with zero attached hydrogens (tertiary/aromatic N) is 3. The molecule has 0 aromatic carbocycles. The minimum absolute atomic E-state index is 0.228. The molecule has 0 saturated carbocycles. The number of amides is 1. The number of carbonyl (C=O) groups is 2. The van der Waals surface area contributed by atoms with Crippen molar-refractivity contribution in [2.75, 3.05) is 6.54 Å². The number of hydrogen-bond donors (Lipinski definition) is 1. The summed E-state index contributed by atoms with van der Waals surface area (Å²) in [4.78, 5) is 25.5. The van der Waals surface area contributed by atoms with Crippen molar-refractivity contribution in [3.05, 3.63) is 17.5 Å². The van der Waals surface area contributed by atoms with Gasteiger partial charge < -0.3 is 10.0 Å². The molecule has 6 heteroatoms. The fourth-order valence-electron chi connectivity index (χ4n) is 2.65. The molecule has 2 heterocycles. The molecule has 0 spiro atoms. The third kappa shape index (κ3) is 2.84. The molecule has 0 bridgehead atoms. The van der Waals surface area contributed by atoms with Gasteiger partial charge in [-0.15, -0.1) is 0 Å². The Morgan fingerprint density at radius 2 is 2.15 bits per heavy atom. The van der Waals surface area contributed by atoms with E-state index in [1.54, 1.807) is 17.8 Å². The van der Waals surface area contributed by atoms with E-state index in [-0.39, 0.29) is 5.91 Å². The van der Waals surface area contributed by atoms with Gasteiger partial charge in [-0.2, -0.15) is 5.10 Å². The minimum atomic E-state index is -0.918. The van der Waals surface area contributed by atoms with E-state index in [1.165, 1.54) is 4.90 Å². The van der Waals surface area contributed by atoms with Crippen LogP contribution in [0.15, 0.2) is 6.07 Å². The summed E-state index contributed by atoms with van der Waals surface area (Å²) in [5, 5.41) is 13.6. The van der Waals surface area contributed by atoms with Crippen LogP contribution in [0.3, 0.4) is 0 Å². The number of likely N-dealkylation sites (tertiary alicyclic amines) is 1. The fraction of sp³-hybridized carbons (Fsp3) is 0.643. The fourth-order valence-corrected chi connectivity index (χ4v) is 2.65. The Morgan fingerprint density at radius 1 is 1.40 bits per heavy atom. The molecule has 1 aromatic rings. The second-order valence-corrected chi connectivity index (χ2v) is 5.20. The Morgan fingerprint density at radius 3 is 2.75 bits per heavy atom. The highest BCUT2D eigenvalue weighted by molar-refractivity contribution is 5.95. The maximum absolute atomic E-state index is 12.6. The summed E-state index contributed by atoms with van der Waals surface area (Å²) < 4.78 is 1.55. The summed E-state index contributed by atoms with van der Waals surface area (Å²) in [7, 11) is 1.72. The summed E-state index contributed by atoms with van der Waals surface area (Å²) in [5.74, 6) is -1.15. The van der Waals surface area contributed by atoms with Crippen molar-refractivity contribution in [2.24, 2.45) is 7.05 Å². The summed E-state index contributed by atoms with van der Waals surface area (Å²) in [6.07, 6.45) is 3.96. The first-order valence-corrected chi connectivity index (χ1v) is 7.11. The van der Waals surface area contributed by atoms with Gasteiger partial charge in [0, 0.05) is 13.6 Å². The highest BCUT2D eigenvalue weighted by Crippen LogP contribution is 2.20. The number of aromatic nitrogens is 2. The molecule has 1 saturated heterocycles. The number of carboxylic acid groups (broad SMARTS) is 1. The molecule has 0 aliphatic carbocycles. The van der Waals surface area contributed by atoms with Crippen molar-refractivity contribution in [3.8, 4) is 0 Å². The second kappa shape index (κ2) is 6.07. The first kappa shape index (κ1) is 14.6. The molecule has 110 valence electrons. The number of carbonyl (C=O) groups excluding carboxylic acids is 1. The zero-order valence-corrected chi connectivity index (χ0v) is 12.0. The molecule has 0 radical (unpaired) electrons. The number of rotatable bonds is 3. The summed E-state index contributed by atoms with van der Waals surface area (Å²) in [6, 6.07) is 1.04. The Bertz CT molecular complexity index is 510. The lowest BCUT2D eigenvalue weighted by atomic mass is 10.1. The average molecular weight is 279 g/mol. The third-order valence-corrected chi connectivity index (χ3v) is 3.81. The maximum atomic E-state index is 12.6. The van der Waals surface area contributed by atoms with Gasteiger partial charge in [-0.1, -0.05) is 19.8 Å². The first-order chi connectivity index (χ1) is 9.54. The van der Waals surface area contributed by atoms with Crippen LogP contribution in [0.1, 0.15) is 48.8 Å². The zero-order chi connectivity index (χ0) is 14.7. The van der Waals surface area contributed by atoms with Crippen molar-refractivity contribution < 1.29 is 14.7 Å². The summed E-state index contributed by atoms with van der Waals surface area (Å²) >= 11 is 0. The Hall–Kier alpha value is -1.85. The van der Waals surface area contributed by atoms with Crippen LogP contribution in [0.4, 0.5) is 0 Å². The Balaban J connectivity index is 2.28. The van der Waals surface area contributed by atoms with Gasteiger partial charge in [0.25, 0.3) is 5.91 Å². The van der Waals surface area contributed by atoms with Crippen LogP contribution >= 0.6 is 0 Å². The van der Waals surface area contributed by atoms with Crippen LogP contribution in [-0.4, -0.2) is 44.3 Å². The van der Waals surface area contributed by atoms with E-state index in [0.29, 0.717) is 18.7 Å². The van der Waals surface area contributed by atoms with Crippen LogP contribution in [-0.2, 0) is 18.3 Å². The monoisotopic (exact) mass is 279 g/mol. The molecule has 1 amide bonds. The van der Waals surface area contributed by atoms with E-state index in [4.69, 9.17) is 0 Å². The van der Waals surface area contributed by atoms with E-state index < -0.39 is 12.0 Å². The Kier molecular flexibility index (Phi) is 4.42. The smallest absolute Gasteiger partial charge is 0.326 e. The van der Waals surface area contributed by atoms with E-state index in [1.807, 2.05) is 6.92 Å². The summed E-state index contributed by atoms with van der Waals surface area (Å²) in [5.41, 5.74) is 1.31. The van der Waals surface area contributed by atoms with Crippen LogP contribution in [0.5, 0.6) is 0 Å². The lowest BCUT2D eigenvalue weighted by Gasteiger charge is -2.26. The van der Waals surface area contributed by atoms with Gasteiger partial charge in [0.15, 0.2) is 0 Å². The van der Waals surface area contributed by atoms with Crippen LogP contribution in [0, 0.1) is 0 Å². The minimum Gasteiger partial charge on any atom is -0.480 e. The number of carboxylic acids is 1. The molecule has 1 aliphatic rings. The third-order valence-electron chi connectivity index (χ3n) is 3.81. The van der Waals surface area contributed by atoms with Gasteiger partial charge in [-0.25, -0.2) is 4.79 Å². The van der Waals surface area contributed by atoms with Gasteiger partial charge in [0.05, 0.1) is 5.69 Å². The quantitative estimate of drug-likeness (QED) is 0.908. The molecule has 6 nitrogen and oxygen atoms in total. The Labute approximate surface area is 118 Å². The van der Waals surface area contributed by atoms with Gasteiger partial charge >= 0.3 is 5.97 Å². The molecule has 1 aliphatic heterocycles. The van der Waals surface area contributed by atoms with E-state index >= 15 is 0 Å². The molecule has 1 unspecified atom stereocenters. The number of hydrogen-bond acceptors (Lipinski definition) is 3. The topological polar surface area (TPSA) is 75.4 Å². The second-order valence-electron chi connectivity index (χ2n) is 5.20. The zero-order valence-electron chi connectivity index (χ0n) is 12.0. The van der Waals surface area contributed by atoms with Crippen LogP contribution < -0.4 is 0 Å².